The molecule has 1 aliphatic carbocycles. The van der Waals surface area contributed by atoms with E-state index in [1.807, 2.05) is 11.8 Å². The molecule has 2 N–H and O–H groups in total. The molecule has 1 fully saturated rings. The number of fused-ring (bicyclic) bond motifs is 1. The first-order valence-electron chi connectivity index (χ1n) is 8.29. The van der Waals surface area contributed by atoms with Crippen LogP contribution in [0.25, 0.3) is 0 Å². The second kappa shape index (κ2) is 6.48. The van der Waals surface area contributed by atoms with Gasteiger partial charge in [-0.15, -0.1) is 0 Å². The van der Waals surface area contributed by atoms with Gasteiger partial charge in [0.25, 0.3) is 0 Å². The molecule has 0 spiro atoms. The van der Waals surface area contributed by atoms with Gasteiger partial charge in [-0.1, -0.05) is 0 Å². The van der Waals surface area contributed by atoms with E-state index in [0.29, 0.717) is 37.6 Å². The van der Waals surface area contributed by atoms with E-state index in [1.165, 1.54) is 10.5 Å². The van der Waals surface area contributed by atoms with Crippen LogP contribution in [-0.4, -0.2) is 47.9 Å². The lowest BCUT2D eigenvalue weighted by Crippen LogP contribution is -2.52. The number of nitriles is 1. The maximum absolute atomic E-state index is 11.7. The van der Waals surface area contributed by atoms with Gasteiger partial charge in [0.15, 0.2) is 0 Å². The Kier molecular flexibility index (Phi) is 4.38. The topological polar surface area (TPSA) is 103 Å². The van der Waals surface area contributed by atoms with Gasteiger partial charge < -0.3 is 15.5 Å². The summed E-state index contributed by atoms with van der Waals surface area (Å²) in [4.78, 5) is 30.9. The Morgan fingerprint density at radius 1 is 1.12 bits per heavy atom. The van der Waals surface area contributed by atoms with Crippen LogP contribution < -0.4 is 10.6 Å². The molecule has 3 rings (SSSR count). The number of primary amides is 1. The Balaban J connectivity index is 1.86. The molecule has 2 amide bonds. The molecule has 2 heterocycles. The van der Waals surface area contributed by atoms with Crippen molar-refractivity contribution in [1.82, 2.24) is 9.88 Å². The number of amides is 2. The molecular weight excluding hydrogens is 306 g/mol. The molecule has 1 aliphatic heterocycles. The second-order valence-electron chi connectivity index (χ2n) is 6.32. The Labute approximate surface area is 141 Å². The van der Waals surface area contributed by atoms with E-state index in [1.54, 1.807) is 0 Å². The second-order valence-corrected chi connectivity index (χ2v) is 6.32. The van der Waals surface area contributed by atoms with E-state index >= 15 is 0 Å². The number of carbonyl (C=O) groups is 2. The summed E-state index contributed by atoms with van der Waals surface area (Å²) < 4.78 is 0. The van der Waals surface area contributed by atoms with Crippen LogP contribution in [-0.2, 0) is 22.4 Å². The lowest BCUT2D eigenvalue weighted by Gasteiger charge is -2.36. The van der Waals surface area contributed by atoms with E-state index in [0.717, 1.165) is 36.9 Å². The van der Waals surface area contributed by atoms with Crippen molar-refractivity contribution in [3.63, 3.8) is 0 Å². The molecule has 24 heavy (non-hydrogen) atoms. The number of nitrogens with zero attached hydrogens (tertiary/aromatic N) is 4. The fourth-order valence-corrected chi connectivity index (χ4v) is 3.62. The smallest absolute Gasteiger partial charge is 0.311 e. The molecule has 0 unspecified atom stereocenters. The minimum Gasteiger partial charge on any atom is -0.361 e. The number of carbonyl (C=O) groups excluding carboxylic acids is 2. The van der Waals surface area contributed by atoms with Gasteiger partial charge in [0.05, 0.1) is 5.56 Å². The van der Waals surface area contributed by atoms with Crippen molar-refractivity contribution in [2.75, 3.05) is 31.1 Å². The highest BCUT2D eigenvalue weighted by Crippen LogP contribution is 2.32. The molecule has 0 bridgehead atoms. The van der Waals surface area contributed by atoms with Crippen molar-refractivity contribution in [3.05, 3.63) is 22.4 Å². The summed E-state index contributed by atoms with van der Waals surface area (Å²) in [6.45, 7) is 3.90. The van der Waals surface area contributed by atoms with Crippen molar-refractivity contribution in [2.24, 2.45) is 5.73 Å². The molecule has 0 saturated carbocycles. The number of piperazine rings is 1. The molecular formula is C17H21N5O2. The van der Waals surface area contributed by atoms with Gasteiger partial charge in [-0.25, -0.2) is 4.98 Å². The van der Waals surface area contributed by atoms with Gasteiger partial charge in [0.1, 0.15) is 11.9 Å². The average Bonchev–Trinajstić information content (AvgIpc) is 2.61. The SMILES string of the molecule is Cc1nc(N2CCN(C(=O)C(N)=O)CC2)c(C#N)c2c1CCCC2. The fourth-order valence-electron chi connectivity index (χ4n) is 3.62. The highest BCUT2D eigenvalue weighted by Gasteiger charge is 2.28. The number of nitrogens with two attached hydrogens (primary N) is 1. The normalized spacial score (nSPS) is 17.2. The molecule has 7 heteroatoms. The van der Waals surface area contributed by atoms with E-state index in [2.05, 4.69) is 6.07 Å². The number of rotatable bonds is 1. The molecule has 0 aromatic carbocycles. The lowest BCUT2D eigenvalue weighted by molar-refractivity contribution is -0.144. The summed E-state index contributed by atoms with van der Waals surface area (Å²) in [6, 6.07) is 2.34. The first-order chi connectivity index (χ1) is 11.5. The standard InChI is InChI=1S/C17H21N5O2/c1-11-12-4-2-3-5-13(12)14(10-18)16(20-11)21-6-8-22(9-7-21)17(24)15(19)23/h2-9H2,1H3,(H2,19,23). The molecule has 1 aromatic rings. The van der Waals surface area contributed by atoms with Crippen molar-refractivity contribution < 1.29 is 9.59 Å². The van der Waals surface area contributed by atoms with Crippen LogP contribution in [0.2, 0.25) is 0 Å². The Hall–Kier alpha value is -2.62. The van der Waals surface area contributed by atoms with Crippen LogP contribution in [0.15, 0.2) is 0 Å². The minimum atomic E-state index is -0.927. The predicted molar refractivity (Wildman–Crippen MR) is 88.3 cm³/mol. The summed E-state index contributed by atoms with van der Waals surface area (Å²) in [5.74, 6) is -0.865. The number of aromatic nitrogens is 1. The van der Waals surface area contributed by atoms with Gasteiger partial charge in [-0.05, 0) is 43.7 Å². The van der Waals surface area contributed by atoms with Gasteiger partial charge in [-0.2, -0.15) is 5.26 Å². The average molecular weight is 327 g/mol. The van der Waals surface area contributed by atoms with Crippen molar-refractivity contribution in [3.8, 4) is 6.07 Å². The molecule has 126 valence electrons. The monoisotopic (exact) mass is 327 g/mol. The molecule has 0 atom stereocenters. The Bertz CT molecular complexity index is 729. The first kappa shape index (κ1) is 16.2. The number of hydrogen-bond acceptors (Lipinski definition) is 5. The van der Waals surface area contributed by atoms with E-state index in [4.69, 9.17) is 10.7 Å². The Morgan fingerprint density at radius 3 is 2.33 bits per heavy atom. The zero-order valence-corrected chi connectivity index (χ0v) is 13.8. The van der Waals surface area contributed by atoms with Gasteiger partial charge in [0, 0.05) is 31.9 Å². The molecule has 2 aliphatic rings. The summed E-state index contributed by atoms with van der Waals surface area (Å²) in [5, 5.41) is 9.67. The van der Waals surface area contributed by atoms with Crippen molar-refractivity contribution in [1.29, 1.82) is 5.26 Å². The first-order valence-corrected chi connectivity index (χ1v) is 8.29. The fraction of sp³-hybridized carbons (Fsp3) is 0.529. The van der Waals surface area contributed by atoms with Gasteiger partial charge >= 0.3 is 11.8 Å². The van der Waals surface area contributed by atoms with Crippen LogP contribution in [0.1, 0.15) is 35.2 Å². The maximum Gasteiger partial charge on any atom is 0.311 e. The number of pyridine rings is 1. The number of hydrogen-bond donors (Lipinski definition) is 1. The van der Waals surface area contributed by atoms with Crippen molar-refractivity contribution in [2.45, 2.75) is 32.6 Å². The van der Waals surface area contributed by atoms with E-state index in [9.17, 15) is 14.9 Å². The lowest BCUT2D eigenvalue weighted by atomic mass is 9.88. The van der Waals surface area contributed by atoms with E-state index in [-0.39, 0.29) is 0 Å². The van der Waals surface area contributed by atoms with Crippen LogP contribution in [0.4, 0.5) is 5.82 Å². The molecule has 0 radical (unpaired) electrons. The van der Waals surface area contributed by atoms with Crippen LogP contribution in [0.5, 0.6) is 0 Å². The Morgan fingerprint density at radius 2 is 1.75 bits per heavy atom. The number of anilines is 1. The van der Waals surface area contributed by atoms with Gasteiger partial charge in [0.2, 0.25) is 0 Å². The van der Waals surface area contributed by atoms with Crippen LogP contribution in [0, 0.1) is 18.3 Å². The summed E-state index contributed by atoms with van der Waals surface area (Å²) in [7, 11) is 0. The zero-order chi connectivity index (χ0) is 17.3. The predicted octanol–water partition coefficient (Wildman–Crippen LogP) is 0.274. The van der Waals surface area contributed by atoms with Crippen LogP contribution in [0.3, 0.4) is 0 Å². The maximum atomic E-state index is 11.7. The highest BCUT2D eigenvalue weighted by molar-refractivity contribution is 6.34. The summed E-state index contributed by atoms with van der Waals surface area (Å²) in [5.41, 5.74) is 9.09. The third-order valence-corrected chi connectivity index (χ3v) is 4.89. The largest absolute Gasteiger partial charge is 0.361 e. The zero-order valence-electron chi connectivity index (χ0n) is 13.8. The minimum absolute atomic E-state index is 0.407. The third kappa shape index (κ3) is 2.80. The quantitative estimate of drug-likeness (QED) is 0.746. The molecule has 1 saturated heterocycles. The highest BCUT2D eigenvalue weighted by atomic mass is 16.2. The molecule has 7 nitrogen and oxygen atoms in total. The van der Waals surface area contributed by atoms with Gasteiger partial charge in [-0.3, -0.25) is 9.59 Å². The molecule has 1 aromatic heterocycles. The van der Waals surface area contributed by atoms with E-state index < -0.39 is 11.8 Å². The summed E-state index contributed by atoms with van der Waals surface area (Å²) in [6.07, 6.45) is 4.16. The van der Waals surface area contributed by atoms with Crippen molar-refractivity contribution >= 4 is 17.6 Å². The summed E-state index contributed by atoms with van der Waals surface area (Å²) >= 11 is 0. The number of aryl methyl sites for hydroxylation is 1. The third-order valence-electron chi connectivity index (χ3n) is 4.89. The van der Waals surface area contributed by atoms with Crippen LogP contribution >= 0.6 is 0 Å².